The van der Waals surface area contributed by atoms with Gasteiger partial charge in [0, 0.05) is 12.8 Å². The maximum absolute atomic E-state index is 12.4. The molecular formula is C36H27NO12. The number of carbonyl (C=O) groups excluding carboxylic acids is 3. The Morgan fingerprint density at radius 3 is 1.18 bits per heavy atom. The zero-order valence-electron chi connectivity index (χ0n) is 25.8. The van der Waals surface area contributed by atoms with E-state index >= 15 is 0 Å². The zero-order valence-corrected chi connectivity index (χ0v) is 25.8. The summed E-state index contributed by atoms with van der Waals surface area (Å²) in [5.74, 6) is 10.9. The number of aromatic carboxylic acids is 1. The van der Waals surface area contributed by atoms with Gasteiger partial charge in [-0.25, -0.2) is 9.59 Å². The number of hydrogen-bond acceptors (Lipinski definition) is 11. The molecule has 1 aliphatic heterocycles. The second kappa shape index (κ2) is 19.9. The topological polar surface area (TPSA) is 156 Å². The Labute approximate surface area is 282 Å². The van der Waals surface area contributed by atoms with Crippen LogP contribution in [0.5, 0.6) is 34.5 Å². The average molecular weight is 666 g/mol. The Hall–Kier alpha value is -7.32. The quantitative estimate of drug-likeness (QED) is 0.219. The number of carboxylic acids is 1. The SMILES string of the molecule is C#CCOc1cc(C(=O)O)cc(OCC#C)c1OCC#C.C#CCOc1cc(C(=O)ON2C(=O)CCC2=O)cc(OCC#C)c1OCC#C. The molecule has 2 amide bonds. The van der Waals surface area contributed by atoms with Crippen LogP contribution in [0.3, 0.4) is 0 Å². The minimum Gasteiger partial charge on any atom is -0.478 e. The van der Waals surface area contributed by atoms with Crippen LogP contribution in [0.4, 0.5) is 0 Å². The van der Waals surface area contributed by atoms with E-state index in [9.17, 15) is 19.2 Å². The normalized spacial score (nSPS) is 10.9. The summed E-state index contributed by atoms with van der Waals surface area (Å²) in [7, 11) is 0. The first kappa shape index (κ1) is 37.9. The molecule has 1 heterocycles. The highest BCUT2D eigenvalue weighted by molar-refractivity contribution is 6.03. The van der Waals surface area contributed by atoms with Crippen molar-refractivity contribution in [1.82, 2.24) is 5.06 Å². The van der Waals surface area contributed by atoms with Gasteiger partial charge in [0.15, 0.2) is 23.0 Å². The summed E-state index contributed by atoms with van der Waals surface area (Å²) >= 11 is 0. The number of terminal acetylenes is 6. The lowest BCUT2D eigenvalue weighted by molar-refractivity contribution is -0.172. The van der Waals surface area contributed by atoms with Crippen LogP contribution in [0.1, 0.15) is 33.6 Å². The Kier molecular flexibility index (Phi) is 15.4. The average Bonchev–Trinajstić information content (AvgIpc) is 3.41. The van der Waals surface area contributed by atoms with E-state index in [0.29, 0.717) is 5.06 Å². The molecule has 1 N–H and O–H groups in total. The zero-order chi connectivity index (χ0) is 36.2. The Morgan fingerprint density at radius 2 is 0.878 bits per heavy atom. The number of ether oxygens (including phenoxy) is 6. The first-order chi connectivity index (χ1) is 23.6. The van der Waals surface area contributed by atoms with Crippen LogP contribution in [0.15, 0.2) is 24.3 Å². The molecule has 49 heavy (non-hydrogen) atoms. The molecule has 13 heteroatoms. The summed E-state index contributed by atoms with van der Waals surface area (Å²) in [4.78, 5) is 51.7. The van der Waals surface area contributed by atoms with Gasteiger partial charge in [-0.2, -0.15) is 0 Å². The van der Waals surface area contributed by atoms with E-state index in [1.165, 1.54) is 24.3 Å². The first-order valence-corrected chi connectivity index (χ1v) is 13.7. The van der Waals surface area contributed by atoms with Crippen LogP contribution in [0.2, 0.25) is 0 Å². The molecule has 248 valence electrons. The van der Waals surface area contributed by atoms with Gasteiger partial charge in [-0.1, -0.05) is 35.5 Å². The second-order valence-electron chi connectivity index (χ2n) is 8.83. The van der Waals surface area contributed by atoms with Crippen LogP contribution >= 0.6 is 0 Å². The fraction of sp³-hybridized carbons (Fsp3) is 0.222. The standard InChI is InChI=1S/C20H15NO7.C16H12O5/c1-4-9-25-15-12-14(20(24)28-21-17(22)7-8-18(21)23)13-16(26-10-5-2)19(15)27-11-6-3;1-4-7-19-13-10-12(16(17)18)11-14(20-8-5-2)15(13)21-9-6-3/h1-3,12-13H,7-11H2;1-3,10-11H,7-9H2,(H,17,18). The van der Waals surface area contributed by atoms with Crippen molar-refractivity contribution in [3.63, 3.8) is 0 Å². The lowest BCUT2D eigenvalue weighted by atomic mass is 10.2. The van der Waals surface area contributed by atoms with Crippen molar-refractivity contribution >= 4 is 23.8 Å². The van der Waals surface area contributed by atoms with Crippen molar-refractivity contribution in [2.24, 2.45) is 0 Å². The van der Waals surface area contributed by atoms with Crippen molar-refractivity contribution in [2.75, 3.05) is 39.6 Å². The fourth-order valence-electron chi connectivity index (χ4n) is 3.61. The molecule has 0 atom stereocenters. The van der Waals surface area contributed by atoms with Gasteiger partial charge >= 0.3 is 11.9 Å². The van der Waals surface area contributed by atoms with Crippen LogP contribution in [0, 0.1) is 74.1 Å². The van der Waals surface area contributed by atoms with E-state index in [1.807, 2.05) is 0 Å². The number of imide groups is 1. The van der Waals surface area contributed by atoms with Crippen molar-refractivity contribution in [1.29, 1.82) is 0 Å². The Bertz CT molecular complexity index is 1720. The van der Waals surface area contributed by atoms with E-state index in [0.717, 1.165) is 0 Å². The maximum Gasteiger partial charge on any atom is 0.364 e. The molecule has 3 rings (SSSR count). The summed E-state index contributed by atoms with van der Waals surface area (Å²) < 4.78 is 32.1. The maximum atomic E-state index is 12.4. The largest absolute Gasteiger partial charge is 0.478 e. The molecule has 1 saturated heterocycles. The van der Waals surface area contributed by atoms with E-state index in [1.54, 1.807) is 0 Å². The number of benzene rings is 2. The van der Waals surface area contributed by atoms with Crippen molar-refractivity contribution < 1.29 is 57.5 Å². The first-order valence-electron chi connectivity index (χ1n) is 13.7. The third kappa shape index (κ3) is 11.2. The van der Waals surface area contributed by atoms with Gasteiger partial charge in [0.05, 0.1) is 11.1 Å². The lowest BCUT2D eigenvalue weighted by Gasteiger charge is -2.17. The van der Waals surface area contributed by atoms with E-state index in [-0.39, 0.29) is 98.1 Å². The van der Waals surface area contributed by atoms with E-state index in [4.69, 9.17) is 76.9 Å². The van der Waals surface area contributed by atoms with E-state index in [2.05, 4.69) is 35.5 Å². The molecule has 1 fully saturated rings. The molecular weight excluding hydrogens is 638 g/mol. The number of hydroxylamine groups is 2. The lowest BCUT2D eigenvalue weighted by Crippen LogP contribution is -2.32. The van der Waals surface area contributed by atoms with E-state index < -0.39 is 23.8 Å². The molecule has 0 aliphatic carbocycles. The monoisotopic (exact) mass is 665 g/mol. The summed E-state index contributed by atoms with van der Waals surface area (Å²) in [6.07, 6.45) is 30.9. The second-order valence-corrected chi connectivity index (χ2v) is 8.83. The number of hydrogen-bond donors (Lipinski definition) is 1. The number of amides is 2. The van der Waals surface area contributed by atoms with Gasteiger partial charge < -0.3 is 38.4 Å². The smallest absolute Gasteiger partial charge is 0.364 e. The third-order valence-electron chi connectivity index (χ3n) is 5.55. The van der Waals surface area contributed by atoms with Gasteiger partial charge in [0.1, 0.15) is 39.6 Å². The number of rotatable bonds is 15. The molecule has 0 aromatic heterocycles. The summed E-state index contributed by atoms with van der Waals surface area (Å²) in [5.41, 5.74) is -0.137. The minimum atomic E-state index is -1.16. The van der Waals surface area contributed by atoms with Crippen molar-refractivity contribution in [3.05, 3.63) is 35.4 Å². The molecule has 0 radical (unpaired) electrons. The van der Waals surface area contributed by atoms with Crippen LogP contribution in [-0.2, 0) is 14.4 Å². The van der Waals surface area contributed by atoms with Crippen LogP contribution in [0.25, 0.3) is 0 Å². The van der Waals surface area contributed by atoms with Crippen molar-refractivity contribution in [3.8, 4) is 109 Å². The Morgan fingerprint density at radius 1 is 0.571 bits per heavy atom. The molecule has 2 aromatic rings. The highest BCUT2D eigenvalue weighted by atomic mass is 16.7. The van der Waals surface area contributed by atoms with Crippen molar-refractivity contribution in [2.45, 2.75) is 12.8 Å². The molecule has 0 spiro atoms. The predicted molar refractivity (Wildman–Crippen MR) is 172 cm³/mol. The number of carbonyl (C=O) groups is 4. The Balaban J connectivity index is 0.000000355. The van der Waals surface area contributed by atoms with Gasteiger partial charge in [0.2, 0.25) is 11.5 Å². The molecule has 0 bridgehead atoms. The number of carboxylic acid groups (broad SMARTS) is 1. The van der Waals surface area contributed by atoms with Crippen LogP contribution < -0.4 is 28.4 Å². The molecule has 0 unspecified atom stereocenters. The molecule has 13 nitrogen and oxygen atoms in total. The summed E-state index contributed by atoms with van der Waals surface area (Å²) in [6, 6.07) is 5.07. The van der Waals surface area contributed by atoms with Gasteiger partial charge in [-0.05, 0) is 24.3 Å². The highest BCUT2D eigenvalue weighted by Crippen LogP contribution is 2.40. The highest BCUT2D eigenvalue weighted by Gasteiger charge is 2.33. The van der Waals surface area contributed by atoms with Gasteiger partial charge in [0.25, 0.3) is 11.8 Å². The summed E-state index contributed by atoms with van der Waals surface area (Å²) in [6.45, 7) is -0.566. The molecule has 0 saturated carbocycles. The van der Waals surface area contributed by atoms with Gasteiger partial charge in [-0.3, -0.25) is 9.59 Å². The summed E-state index contributed by atoms with van der Waals surface area (Å²) in [5, 5.41) is 9.51. The number of nitrogens with zero attached hydrogens (tertiary/aromatic N) is 1. The van der Waals surface area contributed by atoms with Crippen LogP contribution in [-0.4, -0.2) is 73.6 Å². The molecule has 2 aromatic carbocycles. The minimum absolute atomic E-state index is 0.0297. The third-order valence-corrected chi connectivity index (χ3v) is 5.55. The van der Waals surface area contributed by atoms with Gasteiger partial charge in [-0.15, -0.1) is 43.6 Å². The molecule has 1 aliphatic rings. The predicted octanol–water partition coefficient (Wildman–Crippen LogP) is 2.36. The fourth-order valence-corrected chi connectivity index (χ4v) is 3.61.